The summed E-state index contributed by atoms with van der Waals surface area (Å²) in [5, 5.41) is 25.8. The van der Waals surface area contributed by atoms with Crippen molar-refractivity contribution in [3.8, 4) is 6.07 Å². The summed E-state index contributed by atoms with van der Waals surface area (Å²) in [5.41, 5.74) is 6.00. The molecule has 4 N–H and O–H groups in total. The third-order valence-corrected chi connectivity index (χ3v) is 4.46. The van der Waals surface area contributed by atoms with Crippen LogP contribution in [0.3, 0.4) is 0 Å². The molecule has 1 aliphatic rings. The highest BCUT2D eigenvalue weighted by atomic mass is 19.1. The number of rotatable bonds is 4. The maximum absolute atomic E-state index is 13.1. The van der Waals surface area contributed by atoms with E-state index < -0.39 is 29.8 Å². The molecular formula is C17H17FN6O3. The van der Waals surface area contributed by atoms with Crippen LogP contribution in [0.25, 0.3) is 0 Å². The highest BCUT2D eigenvalue weighted by Crippen LogP contribution is 2.29. The van der Waals surface area contributed by atoms with Gasteiger partial charge in [-0.3, -0.25) is 9.48 Å². The second kappa shape index (κ2) is 7.33. The molecule has 2 atom stereocenters. The summed E-state index contributed by atoms with van der Waals surface area (Å²) in [7, 11) is 0. The van der Waals surface area contributed by atoms with Gasteiger partial charge >= 0.3 is 6.09 Å². The first-order chi connectivity index (χ1) is 12.9. The van der Waals surface area contributed by atoms with Gasteiger partial charge in [0.1, 0.15) is 11.4 Å². The van der Waals surface area contributed by atoms with E-state index in [1.165, 1.54) is 40.0 Å². The normalized spacial score (nSPS) is 19.3. The standard InChI is InChI=1S/C17H17FN6O3/c18-11-1-3-12(4-2-11)21-16-13(15(20)25)8-24(22-16)14-9-23(17(26)27)6-5-10(14)7-19/h1-4,8,10,14H,5-6,9H2,(H2,20,25)(H,21,22)(H,26,27). The van der Waals surface area contributed by atoms with Gasteiger partial charge in [0.2, 0.25) is 0 Å². The molecule has 1 aromatic carbocycles. The number of anilines is 2. The summed E-state index contributed by atoms with van der Waals surface area (Å²) in [5.74, 6) is -1.45. The zero-order valence-corrected chi connectivity index (χ0v) is 14.2. The molecule has 0 saturated carbocycles. The largest absolute Gasteiger partial charge is 0.465 e. The lowest BCUT2D eigenvalue weighted by Gasteiger charge is -2.34. The lowest BCUT2D eigenvalue weighted by atomic mass is 9.93. The Morgan fingerprint density at radius 3 is 2.67 bits per heavy atom. The smallest absolute Gasteiger partial charge is 0.407 e. The number of primary amides is 1. The number of amides is 2. The van der Waals surface area contributed by atoms with Crippen LogP contribution in [0.2, 0.25) is 0 Å². The molecule has 2 unspecified atom stereocenters. The van der Waals surface area contributed by atoms with Gasteiger partial charge in [-0.05, 0) is 30.7 Å². The number of hydrogen-bond donors (Lipinski definition) is 3. The van der Waals surface area contributed by atoms with Crippen molar-refractivity contribution in [2.24, 2.45) is 11.7 Å². The SMILES string of the molecule is N#CC1CCN(C(=O)O)CC1n1cc(C(N)=O)c(Nc2ccc(F)cc2)n1. The Morgan fingerprint density at radius 2 is 2.07 bits per heavy atom. The lowest BCUT2D eigenvalue weighted by molar-refractivity contribution is 0.0996. The Bertz CT molecular complexity index is 904. The fourth-order valence-electron chi connectivity index (χ4n) is 3.03. The van der Waals surface area contributed by atoms with Gasteiger partial charge in [0, 0.05) is 25.0 Å². The number of hydrogen-bond acceptors (Lipinski definition) is 5. The molecular weight excluding hydrogens is 355 g/mol. The van der Waals surface area contributed by atoms with Crippen LogP contribution in [-0.2, 0) is 0 Å². The van der Waals surface area contributed by atoms with E-state index in [0.717, 1.165) is 0 Å². The zero-order valence-electron chi connectivity index (χ0n) is 14.2. The Kier molecular flexibility index (Phi) is 4.94. The van der Waals surface area contributed by atoms with Crippen molar-refractivity contribution in [3.05, 3.63) is 41.8 Å². The molecule has 2 heterocycles. The molecule has 0 spiro atoms. The first-order valence-corrected chi connectivity index (χ1v) is 8.18. The molecule has 1 fully saturated rings. The maximum atomic E-state index is 13.1. The molecule has 0 aliphatic carbocycles. The van der Waals surface area contributed by atoms with Crippen molar-refractivity contribution >= 4 is 23.5 Å². The molecule has 1 saturated heterocycles. The third kappa shape index (κ3) is 3.82. The number of nitrogens with one attached hydrogen (secondary N) is 1. The van der Waals surface area contributed by atoms with E-state index >= 15 is 0 Å². The number of carbonyl (C=O) groups is 2. The molecule has 27 heavy (non-hydrogen) atoms. The van der Waals surface area contributed by atoms with Gasteiger partial charge < -0.3 is 21.1 Å². The molecule has 9 nitrogen and oxygen atoms in total. The number of nitrogens with two attached hydrogens (primary N) is 1. The average molecular weight is 372 g/mol. The van der Waals surface area contributed by atoms with Crippen LogP contribution in [0.15, 0.2) is 30.5 Å². The molecule has 2 aromatic rings. The van der Waals surface area contributed by atoms with Gasteiger partial charge in [-0.15, -0.1) is 0 Å². The fourth-order valence-corrected chi connectivity index (χ4v) is 3.03. The molecule has 1 aliphatic heterocycles. The van der Waals surface area contributed by atoms with Gasteiger partial charge in [0.15, 0.2) is 5.82 Å². The number of piperidine rings is 1. The van der Waals surface area contributed by atoms with Crippen molar-refractivity contribution in [1.82, 2.24) is 14.7 Å². The minimum absolute atomic E-state index is 0.0728. The van der Waals surface area contributed by atoms with E-state index in [4.69, 9.17) is 5.73 Å². The molecule has 10 heteroatoms. The van der Waals surface area contributed by atoms with Crippen molar-refractivity contribution in [3.63, 3.8) is 0 Å². The Morgan fingerprint density at radius 1 is 1.37 bits per heavy atom. The second-order valence-electron chi connectivity index (χ2n) is 6.19. The minimum atomic E-state index is -1.08. The Labute approximate surface area is 153 Å². The monoisotopic (exact) mass is 372 g/mol. The van der Waals surface area contributed by atoms with E-state index in [1.54, 1.807) is 0 Å². The number of carboxylic acid groups (broad SMARTS) is 1. The number of carbonyl (C=O) groups excluding carboxylic acids is 1. The number of nitriles is 1. The second-order valence-corrected chi connectivity index (χ2v) is 6.19. The summed E-state index contributed by atoms with van der Waals surface area (Å²) >= 11 is 0. The number of halogens is 1. The van der Waals surface area contributed by atoms with Crippen LogP contribution < -0.4 is 11.1 Å². The van der Waals surface area contributed by atoms with Crippen molar-refractivity contribution in [1.29, 1.82) is 5.26 Å². The van der Waals surface area contributed by atoms with E-state index in [9.17, 15) is 24.3 Å². The molecule has 1 aromatic heterocycles. The number of aromatic nitrogens is 2. The molecule has 2 amide bonds. The van der Waals surface area contributed by atoms with Gasteiger partial charge in [0.25, 0.3) is 5.91 Å². The first kappa shape index (κ1) is 18.2. The maximum Gasteiger partial charge on any atom is 0.407 e. The van der Waals surface area contributed by atoms with E-state index in [1.807, 2.05) is 0 Å². The van der Waals surface area contributed by atoms with Crippen LogP contribution in [0.5, 0.6) is 0 Å². The van der Waals surface area contributed by atoms with Crippen LogP contribution in [-0.4, -0.2) is 44.9 Å². The van der Waals surface area contributed by atoms with E-state index in [0.29, 0.717) is 12.1 Å². The highest BCUT2D eigenvalue weighted by Gasteiger charge is 2.34. The van der Waals surface area contributed by atoms with E-state index in [-0.39, 0.29) is 24.5 Å². The topological polar surface area (TPSA) is 137 Å². The van der Waals surface area contributed by atoms with Crippen molar-refractivity contribution < 1.29 is 19.1 Å². The number of benzene rings is 1. The summed E-state index contributed by atoms with van der Waals surface area (Å²) in [6.07, 6.45) is 0.678. The van der Waals surface area contributed by atoms with E-state index in [2.05, 4.69) is 16.5 Å². The van der Waals surface area contributed by atoms with Gasteiger partial charge in [-0.2, -0.15) is 10.4 Å². The summed E-state index contributed by atoms with van der Waals surface area (Å²) in [6.45, 7) is 0.331. The van der Waals surface area contributed by atoms with Crippen LogP contribution in [0, 0.1) is 23.1 Å². The highest BCUT2D eigenvalue weighted by molar-refractivity contribution is 5.98. The fraction of sp³-hybridized carbons (Fsp3) is 0.294. The van der Waals surface area contributed by atoms with Gasteiger partial charge in [0.05, 0.1) is 18.0 Å². The number of nitrogens with zero attached hydrogens (tertiary/aromatic N) is 4. The summed E-state index contributed by atoms with van der Waals surface area (Å²) < 4.78 is 14.5. The van der Waals surface area contributed by atoms with Crippen LogP contribution in [0.1, 0.15) is 22.8 Å². The first-order valence-electron chi connectivity index (χ1n) is 8.18. The summed E-state index contributed by atoms with van der Waals surface area (Å²) in [4.78, 5) is 24.3. The third-order valence-electron chi connectivity index (χ3n) is 4.46. The average Bonchev–Trinajstić information content (AvgIpc) is 3.07. The summed E-state index contributed by atoms with van der Waals surface area (Å²) in [6, 6.07) is 7.07. The van der Waals surface area contributed by atoms with Gasteiger partial charge in [-0.1, -0.05) is 0 Å². The molecule has 3 rings (SSSR count). The molecule has 0 bridgehead atoms. The minimum Gasteiger partial charge on any atom is -0.465 e. The number of likely N-dealkylation sites (tertiary alicyclic amines) is 1. The Balaban J connectivity index is 1.93. The molecule has 140 valence electrons. The van der Waals surface area contributed by atoms with Crippen molar-refractivity contribution in [2.75, 3.05) is 18.4 Å². The predicted octanol–water partition coefficient (Wildman–Crippen LogP) is 1.93. The van der Waals surface area contributed by atoms with Gasteiger partial charge in [-0.25, -0.2) is 9.18 Å². The van der Waals surface area contributed by atoms with Crippen molar-refractivity contribution in [2.45, 2.75) is 12.5 Å². The molecule has 0 radical (unpaired) electrons. The van der Waals surface area contributed by atoms with Crippen LogP contribution >= 0.6 is 0 Å². The Hall–Kier alpha value is -3.61. The predicted molar refractivity (Wildman–Crippen MR) is 92.8 cm³/mol. The lowest BCUT2D eigenvalue weighted by Crippen LogP contribution is -2.43. The quantitative estimate of drug-likeness (QED) is 0.750. The van der Waals surface area contributed by atoms with Crippen LogP contribution in [0.4, 0.5) is 20.7 Å². The zero-order chi connectivity index (χ0) is 19.6.